The molecule has 0 aliphatic rings. The number of hydrogen-bond donors (Lipinski definition) is 2. The van der Waals surface area contributed by atoms with Crippen LogP contribution in [0.3, 0.4) is 0 Å². The summed E-state index contributed by atoms with van der Waals surface area (Å²) in [6.45, 7) is 6.84. The number of ether oxygens (including phenoxy) is 1. The first-order valence-corrected chi connectivity index (χ1v) is 12.2. The van der Waals surface area contributed by atoms with E-state index in [4.69, 9.17) is 19.5 Å². The molecule has 5 rings (SSSR count). The van der Waals surface area contributed by atoms with Gasteiger partial charge in [0.15, 0.2) is 0 Å². The van der Waals surface area contributed by atoms with Crippen LogP contribution < -0.4 is 4.74 Å². The fraction of sp³-hybridized carbons (Fsp3) is 0.185. The molecule has 0 amide bonds. The van der Waals surface area contributed by atoms with Crippen LogP contribution in [0, 0.1) is 13.8 Å². The summed E-state index contributed by atoms with van der Waals surface area (Å²) in [5.74, 6) is 2.33. The number of aromatic amines is 2. The van der Waals surface area contributed by atoms with E-state index in [2.05, 4.69) is 27.9 Å². The molecule has 178 valence electrons. The molecule has 0 atom stereocenters. The minimum atomic E-state index is 0.350. The van der Waals surface area contributed by atoms with Gasteiger partial charge in [-0.3, -0.25) is 4.98 Å². The van der Waals surface area contributed by atoms with Gasteiger partial charge in [0, 0.05) is 40.3 Å². The van der Waals surface area contributed by atoms with E-state index in [1.807, 2.05) is 62.4 Å². The van der Waals surface area contributed by atoms with Crippen LogP contribution in [-0.2, 0) is 16.4 Å². The summed E-state index contributed by atoms with van der Waals surface area (Å²) in [6, 6.07) is 17.8. The number of aromatic nitrogens is 4. The maximum absolute atomic E-state index is 6.29. The summed E-state index contributed by atoms with van der Waals surface area (Å²) in [7, 11) is 0. The number of hydrogen-bond acceptors (Lipinski definition) is 6. The zero-order chi connectivity index (χ0) is 24.2. The maximum atomic E-state index is 6.29. The Morgan fingerprint density at radius 2 is 1.74 bits per heavy atom. The van der Waals surface area contributed by atoms with Crippen molar-refractivity contribution in [2.75, 3.05) is 6.61 Å². The molecule has 2 aromatic carbocycles. The summed E-state index contributed by atoms with van der Waals surface area (Å²) >= 11 is 1.62. The Kier molecular flexibility index (Phi) is 6.85. The Morgan fingerprint density at radius 1 is 0.943 bits per heavy atom. The van der Waals surface area contributed by atoms with Crippen molar-refractivity contribution in [3.05, 3.63) is 83.9 Å². The van der Waals surface area contributed by atoms with E-state index in [0.717, 1.165) is 60.7 Å². The molecule has 0 aliphatic heterocycles. The van der Waals surface area contributed by atoms with Gasteiger partial charge < -0.3 is 14.7 Å². The zero-order valence-corrected chi connectivity index (χ0v) is 20.6. The maximum Gasteiger partial charge on any atom is 0.143 e. The first-order valence-electron chi connectivity index (χ1n) is 11.4. The lowest BCUT2D eigenvalue weighted by molar-refractivity contribution is -0.301. The molecule has 0 bridgehead atoms. The number of benzene rings is 2. The van der Waals surface area contributed by atoms with Crippen LogP contribution in [0.4, 0.5) is 0 Å². The van der Waals surface area contributed by atoms with Gasteiger partial charge >= 0.3 is 0 Å². The average molecular weight is 487 g/mol. The number of pyridine rings is 1. The Bertz CT molecular complexity index is 1350. The Hall–Kier alpha value is -3.59. The molecule has 3 aromatic heterocycles. The van der Waals surface area contributed by atoms with Gasteiger partial charge in [0.2, 0.25) is 0 Å². The minimum Gasteiger partial charge on any atom is -0.456 e. The fourth-order valence-corrected chi connectivity index (χ4v) is 4.83. The van der Waals surface area contributed by atoms with Crippen molar-refractivity contribution >= 4 is 22.8 Å². The van der Waals surface area contributed by atoms with Gasteiger partial charge in [-0.1, -0.05) is 30.0 Å². The van der Waals surface area contributed by atoms with E-state index in [1.54, 1.807) is 24.2 Å². The van der Waals surface area contributed by atoms with Crippen LogP contribution in [0.5, 0.6) is 11.5 Å². The second-order valence-electron chi connectivity index (χ2n) is 8.00. The Morgan fingerprint density at radius 3 is 2.51 bits per heavy atom. The fourth-order valence-electron chi connectivity index (χ4n) is 3.94. The predicted octanol–water partition coefficient (Wildman–Crippen LogP) is 6.98. The third kappa shape index (κ3) is 5.09. The van der Waals surface area contributed by atoms with E-state index in [-0.39, 0.29) is 0 Å². The van der Waals surface area contributed by atoms with Gasteiger partial charge in [0.25, 0.3) is 0 Å². The molecule has 0 radical (unpaired) electrons. The zero-order valence-electron chi connectivity index (χ0n) is 19.8. The van der Waals surface area contributed by atoms with Crippen LogP contribution >= 0.6 is 11.8 Å². The third-order valence-electron chi connectivity index (χ3n) is 5.58. The number of nitrogens with zero attached hydrogens (tertiary/aromatic N) is 2. The van der Waals surface area contributed by atoms with Gasteiger partial charge in [-0.2, -0.15) is 0 Å². The summed E-state index contributed by atoms with van der Waals surface area (Å²) in [4.78, 5) is 28.3. The smallest absolute Gasteiger partial charge is 0.143 e. The lowest BCUT2D eigenvalue weighted by Crippen LogP contribution is -1.96. The molecule has 5 aromatic rings. The molecule has 3 heterocycles. The standard InChI is InChI=1S/C27H26N4O3S/c1-4-32-33-16-23-17(2)26(18(3)29-23)27-30-21-14-24(34-19-8-6-5-7-9-19)25(15-22(21)31-27)35-20-10-12-28-13-11-20/h5-15,29H,4,16H2,1-3H3,(H,30,31). The lowest BCUT2D eigenvalue weighted by atomic mass is 10.1. The largest absolute Gasteiger partial charge is 0.456 e. The summed E-state index contributed by atoms with van der Waals surface area (Å²) in [6.07, 6.45) is 3.57. The van der Waals surface area contributed by atoms with E-state index in [9.17, 15) is 0 Å². The van der Waals surface area contributed by atoms with Crippen LogP contribution in [-0.4, -0.2) is 26.5 Å². The van der Waals surface area contributed by atoms with Crippen LogP contribution in [0.2, 0.25) is 0 Å². The highest BCUT2D eigenvalue weighted by Crippen LogP contribution is 2.40. The molecule has 35 heavy (non-hydrogen) atoms. The molecular formula is C27H26N4O3S. The van der Waals surface area contributed by atoms with Gasteiger partial charge in [-0.05, 0) is 56.7 Å². The topological polar surface area (TPSA) is 85.1 Å². The lowest BCUT2D eigenvalue weighted by Gasteiger charge is -2.11. The molecule has 0 saturated carbocycles. The monoisotopic (exact) mass is 486 g/mol. The summed E-state index contributed by atoms with van der Waals surface area (Å²) in [5.41, 5.74) is 5.86. The number of fused-ring (bicyclic) bond motifs is 1. The van der Waals surface area contributed by atoms with Gasteiger partial charge in [-0.25, -0.2) is 14.8 Å². The third-order valence-corrected chi connectivity index (χ3v) is 6.63. The van der Waals surface area contributed by atoms with E-state index in [0.29, 0.717) is 13.2 Å². The molecule has 2 N–H and O–H groups in total. The molecule has 0 aliphatic carbocycles. The quantitative estimate of drug-likeness (QED) is 0.133. The molecule has 0 fully saturated rings. The SMILES string of the molecule is CCOOCc1[nH]c(C)c(-c2nc3cc(Sc4ccncc4)c(Oc4ccccc4)cc3[nH]2)c1C. The van der Waals surface area contributed by atoms with Crippen molar-refractivity contribution in [2.45, 2.75) is 37.2 Å². The Labute approximate surface area is 207 Å². The summed E-state index contributed by atoms with van der Waals surface area (Å²) < 4.78 is 6.29. The second-order valence-corrected chi connectivity index (χ2v) is 9.11. The highest BCUT2D eigenvalue weighted by Gasteiger charge is 2.19. The van der Waals surface area contributed by atoms with Gasteiger partial charge in [0.1, 0.15) is 23.9 Å². The number of imidazole rings is 1. The van der Waals surface area contributed by atoms with Crippen molar-refractivity contribution in [3.8, 4) is 22.9 Å². The predicted molar refractivity (Wildman–Crippen MR) is 137 cm³/mol. The number of rotatable bonds is 9. The van der Waals surface area contributed by atoms with Crippen LogP contribution in [0.15, 0.2) is 76.8 Å². The molecule has 0 saturated heterocycles. The van der Waals surface area contributed by atoms with Crippen molar-refractivity contribution in [3.63, 3.8) is 0 Å². The van der Waals surface area contributed by atoms with Crippen molar-refractivity contribution < 1.29 is 14.5 Å². The minimum absolute atomic E-state index is 0.350. The van der Waals surface area contributed by atoms with E-state index >= 15 is 0 Å². The second kappa shape index (κ2) is 10.4. The van der Waals surface area contributed by atoms with E-state index < -0.39 is 0 Å². The van der Waals surface area contributed by atoms with Crippen LogP contribution in [0.25, 0.3) is 22.4 Å². The Balaban J connectivity index is 1.54. The van der Waals surface area contributed by atoms with Crippen molar-refractivity contribution in [1.29, 1.82) is 0 Å². The van der Waals surface area contributed by atoms with Crippen LogP contribution in [0.1, 0.15) is 23.9 Å². The number of H-pyrrole nitrogens is 2. The average Bonchev–Trinajstić information content (AvgIpc) is 3.39. The molecule has 8 heteroatoms. The number of nitrogens with one attached hydrogen (secondary N) is 2. The summed E-state index contributed by atoms with van der Waals surface area (Å²) in [5, 5.41) is 0. The van der Waals surface area contributed by atoms with Gasteiger partial charge in [-0.15, -0.1) is 0 Å². The molecular weight excluding hydrogens is 460 g/mol. The van der Waals surface area contributed by atoms with Crippen molar-refractivity contribution in [2.24, 2.45) is 0 Å². The number of aryl methyl sites for hydroxylation is 1. The highest BCUT2D eigenvalue weighted by molar-refractivity contribution is 7.99. The molecule has 0 spiro atoms. The van der Waals surface area contributed by atoms with Crippen molar-refractivity contribution in [1.82, 2.24) is 19.9 Å². The molecule has 0 unspecified atom stereocenters. The highest BCUT2D eigenvalue weighted by atomic mass is 32.2. The van der Waals surface area contributed by atoms with Gasteiger partial charge in [0.05, 0.1) is 22.5 Å². The van der Waals surface area contributed by atoms with E-state index in [1.165, 1.54) is 0 Å². The number of para-hydroxylation sites is 1. The first-order chi connectivity index (χ1) is 17.1. The first kappa shape index (κ1) is 23.2. The molecule has 7 nitrogen and oxygen atoms in total. The normalized spacial score (nSPS) is 11.3.